The first kappa shape index (κ1) is 27.2. The number of hydrogen-bond acceptors (Lipinski definition) is 4. The van der Waals surface area contributed by atoms with Crippen molar-refractivity contribution in [3.63, 3.8) is 0 Å². The molecule has 3 nitrogen and oxygen atoms in total. The van der Waals surface area contributed by atoms with E-state index in [1.54, 1.807) is 11.3 Å². The van der Waals surface area contributed by atoms with Crippen LogP contribution in [0.2, 0.25) is 0 Å². The fourth-order valence-corrected chi connectivity index (χ4v) is 6.16. The lowest BCUT2D eigenvalue weighted by Gasteiger charge is -2.28. The molecule has 34 heavy (non-hydrogen) atoms. The molecule has 0 spiro atoms. The first-order valence-electron chi connectivity index (χ1n) is 14.3. The molecule has 0 amide bonds. The van der Waals surface area contributed by atoms with E-state index in [9.17, 15) is 0 Å². The third kappa shape index (κ3) is 10.1. The van der Waals surface area contributed by atoms with Crippen molar-refractivity contribution in [3.05, 3.63) is 29.3 Å². The van der Waals surface area contributed by atoms with E-state index in [2.05, 4.69) is 48.3 Å². The molecule has 2 aromatic rings. The second-order valence-corrected chi connectivity index (χ2v) is 11.5. The highest BCUT2D eigenvalue weighted by Gasteiger charge is 2.20. The predicted octanol–water partition coefficient (Wildman–Crippen LogP) is 9.65. The Bertz CT molecular complexity index is 764. The molecule has 1 aliphatic carbocycles. The number of aryl methyl sites for hydroxylation is 1. The van der Waals surface area contributed by atoms with Crippen LogP contribution in [0, 0.1) is 11.8 Å². The predicted molar refractivity (Wildman–Crippen MR) is 147 cm³/mol. The third-order valence-electron chi connectivity index (χ3n) is 7.52. The molecule has 0 bridgehead atoms. The number of ether oxygens (including phenoxy) is 1. The van der Waals surface area contributed by atoms with Crippen LogP contribution in [0.15, 0.2) is 24.3 Å². The molecule has 1 aliphatic rings. The molecule has 0 atom stereocenters. The van der Waals surface area contributed by atoms with Gasteiger partial charge in [-0.05, 0) is 55.4 Å². The smallest absolute Gasteiger partial charge is 0.147 e. The van der Waals surface area contributed by atoms with Crippen LogP contribution in [0.4, 0.5) is 0 Å². The van der Waals surface area contributed by atoms with Gasteiger partial charge in [-0.25, -0.2) is 0 Å². The summed E-state index contributed by atoms with van der Waals surface area (Å²) >= 11 is 1.74. The first-order valence-corrected chi connectivity index (χ1v) is 15.2. The van der Waals surface area contributed by atoms with Gasteiger partial charge in [0, 0.05) is 12.0 Å². The Hall–Kier alpha value is -1.42. The number of benzene rings is 1. The van der Waals surface area contributed by atoms with Gasteiger partial charge in [-0.2, -0.15) is 0 Å². The molecule has 190 valence electrons. The average Bonchev–Trinajstić information content (AvgIpc) is 3.34. The largest absolute Gasteiger partial charge is 0.494 e. The maximum atomic E-state index is 6.04. The van der Waals surface area contributed by atoms with E-state index in [1.807, 2.05) is 0 Å². The molecular formula is C30H48N2OS. The molecule has 0 saturated heterocycles. The van der Waals surface area contributed by atoms with Crippen molar-refractivity contribution in [1.29, 1.82) is 0 Å². The molecule has 0 N–H and O–H groups in total. The molecule has 0 unspecified atom stereocenters. The zero-order valence-corrected chi connectivity index (χ0v) is 22.7. The number of rotatable bonds is 17. The molecule has 4 heteroatoms. The Morgan fingerprint density at radius 3 is 2.06 bits per heavy atom. The van der Waals surface area contributed by atoms with Gasteiger partial charge in [-0.1, -0.05) is 109 Å². The van der Waals surface area contributed by atoms with Gasteiger partial charge in [0.15, 0.2) is 0 Å². The monoisotopic (exact) mass is 484 g/mol. The van der Waals surface area contributed by atoms with E-state index in [-0.39, 0.29) is 0 Å². The van der Waals surface area contributed by atoms with Gasteiger partial charge >= 0.3 is 0 Å². The Morgan fingerprint density at radius 1 is 0.735 bits per heavy atom. The topological polar surface area (TPSA) is 35.0 Å². The highest BCUT2D eigenvalue weighted by molar-refractivity contribution is 7.14. The summed E-state index contributed by atoms with van der Waals surface area (Å²) in [4.78, 5) is 0. The highest BCUT2D eigenvalue weighted by Crippen LogP contribution is 2.34. The SMILES string of the molecule is CCCCCCCCc1nnc(-c2ccc(OCCC[C@H]3CC[C@H](CCCCC)CC3)cc2)s1. The van der Waals surface area contributed by atoms with Crippen LogP contribution >= 0.6 is 11.3 Å². The Balaban J connectivity index is 1.29. The van der Waals surface area contributed by atoms with Crippen LogP contribution in [0.25, 0.3) is 10.6 Å². The van der Waals surface area contributed by atoms with Crippen molar-refractivity contribution in [2.75, 3.05) is 6.61 Å². The minimum absolute atomic E-state index is 0.830. The van der Waals surface area contributed by atoms with Gasteiger partial charge in [-0.15, -0.1) is 10.2 Å². The number of aromatic nitrogens is 2. The average molecular weight is 485 g/mol. The second kappa shape index (κ2) is 16.3. The van der Waals surface area contributed by atoms with Crippen molar-refractivity contribution in [1.82, 2.24) is 10.2 Å². The highest BCUT2D eigenvalue weighted by atomic mass is 32.1. The molecule has 1 aromatic carbocycles. The summed E-state index contributed by atoms with van der Waals surface area (Å²) in [5.41, 5.74) is 1.15. The minimum atomic E-state index is 0.830. The second-order valence-electron chi connectivity index (χ2n) is 10.4. The molecule has 1 heterocycles. The van der Waals surface area contributed by atoms with Crippen LogP contribution in [0.1, 0.15) is 122 Å². The standard InChI is InChI=1S/C30H48N2OS/c1-3-5-7-8-9-11-15-29-31-32-30(34-29)27-20-22-28(23-21-27)33-24-12-14-26-18-16-25(17-19-26)13-10-6-4-2/h20-23,25-26H,3-19,24H2,1-2H3/t25-,26-. The van der Waals surface area contributed by atoms with Crippen molar-refractivity contribution in [3.8, 4) is 16.3 Å². The summed E-state index contributed by atoms with van der Waals surface area (Å²) in [6, 6.07) is 8.44. The van der Waals surface area contributed by atoms with Crippen molar-refractivity contribution >= 4 is 11.3 Å². The first-order chi connectivity index (χ1) is 16.8. The number of unbranched alkanes of at least 4 members (excludes halogenated alkanes) is 7. The number of nitrogens with zero attached hydrogens (tertiary/aromatic N) is 2. The summed E-state index contributed by atoms with van der Waals surface area (Å²) in [5.74, 6) is 2.91. The minimum Gasteiger partial charge on any atom is -0.494 e. The third-order valence-corrected chi connectivity index (χ3v) is 8.55. The van der Waals surface area contributed by atoms with Crippen LogP contribution in [-0.4, -0.2) is 16.8 Å². The number of hydrogen-bond donors (Lipinski definition) is 0. The molecule has 3 rings (SSSR count). The molecule has 0 radical (unpaired) electrons. The fraction of sp³-hybridized carbons (Fsp3) is 0.733. The van der Waals surface area contributed by atoms with Crippen LogP contribution in [0.5, 0.6) is 5.75 Å². The Morgan fingerprint density at radius 2 is 1.35 bits per heavy atom. The normalized spacial score (nSPS) is 18.3. The van der Waals surface area contributed by atoms with E-state index < -0.39 is 0 Å². The van der Waals surface area contributed by atoms with Gasteiger partial charge < -0.3 is 4.74 Å². The molecule has 0 aliphatic heterocycles. The lowest BCUT2D eigenvalue weighted by atomic mass is 9.78. The summed E-state index contributed by atoms with van der Waals surface area (Å²) < 4.78 is 6.04. The summed E-state index contributed by atoms with van der Waals surface area (Å²) in [6.45, 7) is 5.40. The van der Waals surface area contributed by atoms with Crippen LogP contribution < -0.4 is 4.74 Å². The summed E-state index contributed by atoms with van der Waals surface area (Å²) in [7, 11) is 0. The van der Waals surface area contributed by atoms with E-state index >= 15 is 0 Å². The summed E-state index contributed by atoms with van der Waals surface area (Å²) in [5, 5.41) is 11.0. The maximum Gasteiger partial charge on any atom is 0.147 e. The lowest BCUT2D eigenvalue weighted by molar-refractivity contribution is 0.228. The van der Waals surface area contributed by atoms with Crippen molar-refractivity contribution < 1.29 is 4.74 Å². The molecule has 1 fully saturated rings. The van der Waals surface area contributed by atoms with Gasteiger partial charge in [0.2, 0.25) is 0 Å². The molecule has 1 aromatic heterocycles. The molecular weight excluding hydrogens is 436 g/mol. The van der Waals surface area contributed by atoms with Crippen molar-refractivity contribution in [2.24, 2.45) is 11.8 Å². The molecule has 1 saturated carbocycles. The van der Waals surface area contributed by atoms with Gasteiger partial charge in [0.25, 0.3) is 0 Å². The van der Waals surface area contributed by atoms with Crippen LogP contribution in [-0.2, 0) is 6.42 Å². The van der Waals surface area contributed by atoms with Crippen LogP contribution in [0.3, 0.4) is 0 Å². The van der Waals surface area contributed by atoms with E-state index in [1.165, 1.54) is 108 Å². The van der Waals surface area contributed by atoms with E-state index in [0.29, 0.717) is 0 Å². The fourth-order valence-electron chi connectivity index (χ4n) is 5.28. The maximum absolute atomic E-state index is 6.04. The van der Waals surface area contributed by atoms with Gasteiger partial charge in [-0.3, -0.25) is 0 Å². The lowest BCUT2D eigenvalue weighted by Crippen LogP contribution is -2.15. The quantitative estimate of drug-likeness (QED) is 0.210. The Labute approximate surface area is 213 Å². The van der Waals surface area contributed by atoms with Gasteiger partial charge in [0.1, 0.15) is 15.8 Å². The van der Waals surface area contributed by atoms with Crippen molar-refractivity contribution in [2.45, 2.75) is 123 Å². The summed E-state index contributed by atoms with van der Waals surface area (Å²) in [6.07, 6.45) is 23.0. The van der Waals surface area contributed by atoms with E-state index in [4.69, 9.17) is 4.74 Å². The van der Waals surface area contributed by atoms with Gasteiger partial charge in [0.05, 0.1) is 6.61 Å². The zero-order valence-electron chi connectivity index (χ0n) is 21.9. The zero-order chi connectivity index (χ0) is 23.8. The van der Waals surface area contributed by atoms with E-state index in [0.717, 1.165) is 41.2 Å². The Kier molecular flexibility index (Phi) is 13.0.